The van der Waals surface area contributed by atoms with E-state index in [-0.39, 0.29) is 5.91 Å². The van der Waals surface area contributed by atoms with Crippen LogP contribution in [0, 0.1) is 19.8 Å². The topological polar surface area (TPSA) is 57.6 Å². The predicted octanol–water partition coefficient (Wildman–Crippen LogP) is 4.03. The van der Waals surface area contributed by atoms with Gasteiger partial charge in [0, 0.05) is 13.1 Å². The molecule has 3 rings (SSSR count). The molecule has 0 atom stereocenters. The Balaban J connectivity index is 1.58. The van der Waals surface area contributed by atoms with Gasteiger partial charge in [0.25, 0.3) is 0 Å². The molecule has 2 aromatic carbocycles. The fourth-order valence-electron chi connectivity index (χ4n) is 4.00. The Morgan fingerprint density at radius 2 is 1.63 bits per heavy atom. The monoisotopic (exact) mass is 365 g/mol. The highest BCUT2D eigenvalue weighted by Crippen LogP contribution is 2.24. The number of carbonyl (C=O) groups excluding carboxylic acids is 1. The quantitative estimate of drug-likeness (QED) is 0.870. The van der Waals surface area contributed by atoms with Crippen molar-refractivity contribution >= 4 is 11.9 Å². The Bertz CT molecular complexity index is 815. The molecule has 1 heterocycles. The van der Waals surface area contributed by atoms with Crippen LogP contribution in [0.25, 0.3) is 0 Å². The SMILES string of the molecule is Cc1cccc(C)c1CC(=O)N1CCC(Cc2ccccc2C(=O)O)CC1. The van der Waals surface area contributed by atoms with E-state index in [0.717, 1.165) is 43.5 Å². The van der Waals surface area contributed by atoms with E-state index in [1.807, 2.05) is 23.1 Å². The number of benzene rings is 2. The summed E-state index contributed by atoms with van der Waals surface area (Å²) in [5.74, 6) is -0.252. The molecule has 1 amide bonds. The third kappa shape index (κ3) is 4.57. The molecule has 0 spiro atoms. The number of hydrogen-bond acceptors (Lipinski definition) is 2. The van der Waals surface area contributed by atoms with E-state index in [4.69, 9.17) is 0 Å². The van der Waals surface area contributed by atoms with Gasteiger partial charge in [-0.15, -0.1) is 0 Å². The van der Waals surface area contributed by atoms with Gasteiger partial charge in [0.15, 0.2) is 0 Å². The van der Waals surface area contributed by atoms with Crippen molar-refractivity contribution in [3.05, 3.63) is 70.3 Å². The summed E-state index contributed by atoms with van der Waals surface area (Å²) in [7, 11) is 0. The van der Waals surface area contributed by atoms with Gasteiger partial charge in [0.05, 0.1) is 12.0 Å². The number of rotatable bonds is 5. The number of carboxylic acids is 1. The molecule has 1 fully saturated rings. The molecule has 2 aromatic rings. The molecule has 1 N–H and O–H groups in total. The molecule has 1 aliphatic rings. The number of aryl methyl sites for hydroxylation is 2. The summed E-state index contributed by atoms with van der Waals surface area (Å²) >= 11 is 0. The number of carboxylic acid groups (broad SMARTS) is 1. The molecule has 0 aliphatic carbocycles. The number of hydrogen-bond donors (Lipinski definition) is 1. The second kappa shape index (κ2) is 8.38. The highest BCUT2D eigenvalue weighted by Gasteiger charge is 2.24. The van der Waals surface area contributed by atoms with Crippen LogP contribution in [-0.2, 0) is 17.6 Å². The van der Waals surface area contributed by atoms with Crippen molar-refractivity contribution in [2.75, 3.05) is 13.1 Å². The number of aromatic carboxylic acids is 1. The minimum Gasteiger partial charge on any atom is -0.478 e. The van der Waals surface area contributed by atoms with Crippen LogP contribution < -0.4 is 0 Å². The van der Waals surface area contributed by atoms with Crippen molar-refractivity contribution in [2.24, 2.45) is 5.92 Å². The molecule has 4 nitrogen and oxygen atoms in total. The molecule has 0 bridgehead atoms. The van der Waals surface area contributed by atoms with E-state index in [2.05, 4.69) is 26.0 Å². The zero-order valence-electron chi connectivity index (χ0n) is 16.1. The van der Waals surface area contributed by atoms with Gasteiger partial charge in [0.2, 0.25) is 5.91 Å². The number of piperidine rings is 1. The Morgan fingerprint density at radius 1 is 1.00 bits per heavy atom. The summed E-state index contributed by atoms with van der Waals surface area (Å²) in [6.45, 7) is 5.62. The maximum atomic E-state index is 12.7. The van der Waals surface area contributed by atoms with Gasteiger partial charge >= 0.3 is 5.97 Å². The minimum atomic E-state index is -0.869. The lowest BCUT2D eigenvalue weighted by Crippen LogP contribution is -2.40. The standard InChI is InChI=1S/C23H27NO3/c1-16-6-5-7-17(2)21(16)15-22(25)24-12-10-18(11-13-24)14-19-8-3-4-9-20(19)23(26)27/h3-9,18H,10-15H2,1-2H3,(H,26,27). The van der Waals surface area contributed by atoms with E-state index >= 15 is 0 Å². The second-order valence-electron chi connectivity index (χ2n) is 7.54. The first-order valence-electron chi connectivity index (χ1n) is 9.59. The van der Waals surface area contributed by atoms with Crippen molar-refractivity contribution in [1.29, 1.82) is 0 Å². The zero-order valence-corrected chi connectivity index (χ0v) is 16.1. The van der Waals surface area contributed by atoms with E-state index in [0.29, 0.717) is 17.9 Å². The molecule has 142 valence electrons. The van der Waals surface area contributed by atoms with Gasteiger partial charge in [-0.2, -0.15) is 0 Å². The smallest absolute Gasteiger partial charge is 0.335 e. The van der Waals surface area contributed by atoms with Gasteiger partial charge in [0.1, 0.15) is 0 Å². The first-order valence-corrected chi connectivity index (χ1v) is 9.59. The molecular formula is C23H27NO3. The van der Waals surface area contributed by atoms with Crippen LogP contribution in [0.2, 0.25) is 0 Å². The van der Waals surface area contributed by atoms with Crippen molar-refractivity contribution in [1.82, 2.24) is 4.90 Å². The summed E-state index contributed by atoms with van der Waals surface area (Å²) < 4.78 is 0. The van der Waals surface area contributed by atoms with Crippen LogP contribution in [0.4, 0.5) is 0 Å². The normalized spacial score (nSPS) is 15.0. The molecule has 1 aliphatic heterocycles. The lowest BCUT2D eigenvalue weighted by atomic mass is 9.88. The van der Waals surface area contributed by atoms with Crippen LogP contribution >= 0.6 is 0 Å². The van der Waals surface area contributed by atoms with E-state index in [9.17, 15) is 14.7 Å². The van der Waals surface area contributed by atoms with Crippen LogP contribution in [-0.4, -0.2) is 35.0 Å². The number of amides is 1. The van der Waals surface area contributed by atoms with Gasteiger partial charge in [-0.1, -0.05) is 36.4 Å². The van der Waals surface area contributed by atoms with Crippen LogP contribution in [0.1, 0.15) is 45.5 Å². The number of likely N-dealkylation sites (tertiary alicyclic amines) is 1. The van der Waals surface area contributed by atoms with Crippen LogP contribution in [0.5, 0.6) is 0 Å². The number of nitrogens with zero attached hydrogens (tertiary/aromatic N) is 1. The Kier molecular flexibility index (Phi) is 5.94. The molecule has 4 heteroatoms. The number of carbonyl (C=O) groups is 2. The Hall–Kier alpha value is -2.62. The molecule has 27 heavy (non-hydrogen) atoms. The largest absolute Gasteiger partial charge is 0.478 e. The lowest BCUT2D eigenvalue weighted by molar-refractivity contribution is -0.131. The maximum absolute atomic E-state index is 12.7. The molecule has 0 unspecified atom stereocenters. The maximum Gasteiger partial charge on any atom is 0.335 e. The van der Waals surface area contributed by atoms with Crippen molar-refractivity contribution in [3.8, 4) is 0 Å². The molecule has 0 aromatic heterocycles. The first-order chi connectivity index (χ1) is 13.0. The van der Waals surface area contributed by atoms with Crippen molar-refractivity contribution in [3.63, 3.8) is 0 Å². The summed E-state index contributed by atoms with van der Waals surface area (Å²) in [4.78, 5) is 26.1. The highest BCUT2D eigenvalue weighted by atomic mass is 16.4. The Labute approximate surface area is 160 Å². The van der Waals surface area contributed by atoms with E-state index < -0.39 is 5.97 Å². The van der Waals surface area contributed by atoms with Gasteiger partial charge in [-0.3, -0.25) is 4.79 Å². The van der Waals surface area contributed by atoms with Gasteiger partial charge in [-0.25, -0.2) is 4.79 Å². The van der Waals surface area contributed by atoms with E-state index in [1.165, 1.54) is 11.1 Å². The third-order valence-electron chi connectivity index (χ3n) is 5.70. The fourth-order valence-corrected chi connectivity index (χ4v) is 4.00. The van der Waals surface area contributed by atoms with Crippen LogP contribution in [0.3, 0.4) is 0 Å². The second-order valence-corrected chi connectivity index (χ2v) is 7.54. The predicted molar refractivity (Wildman–Crippen MR) is 106 cm³/mol. The average Bonchev–Trinajstić information content (AvgIpc) is 2.65. The summed E-state index contributed by atoms with van der Waals surface area (Å²) in [6.07, 6.45) is 3.07. The molecule has 0 radical (unpaired) electrons. The fraction of sp³-hybridized carbons (Fsp3) is 0.391. The molecular weight excluding hydrogens is 338 g/mol. The van der Waals surface area contributed by atoms with Gasteiger partial charge < -0.3 is 10.0 Å². The van der Waals surface area contributed by atoms with Gasteiger partial charge in [-0.05, 0) is 67.3 Å². The minimum absolute atomic E-state index is 0.191. The third-order valence-corrected chi connectivity index (χ3v) is 5.70. The summed E-state index contributed by atoms with van der Waals surface area (Å²) in [5.41, 5.74) is 4.77. The molecule has 1 saturated heterocycles. The Morgan fingerprint density at radius 3 is 2.26 bits per heavy atom. The highest BCUT2D eigenvalue weighted by molar-refractivity contribution is 5.89. The molecule has 0 saturated carbocycles. The summed E-state index contributed by atoms with van der Waals surface area (Å²) in [6, 6.07) is 13.4. The van der Waals surface area contributed by atoms with Crippen molar-refractivity contribution < 1.29 is 14.7 Å². The lowest BCUT2D eigenvalue weighted by Gasteiger charge is -2.32. The van der Waals surface area contributed by atoms with E-state index in [1.54, 1.807) is 12.1 Å². The summed E-state index contributed by atoms with van der Waals surface area (Å²) in [5, 5.41) is 9.34. The van der Waals surface area contributed by atoms with Crippen molar-refractivity contribution in [2.45, 2.75) is 39.5 Å². The average molecular weight is 365 g/mol. The van der Waals surface area contributed by atoms with Crippen LogP contribution in [0.15, 0.2) is 42.5 Å². The first kappa shape index (κ1) is 19.2. The zero-order chi connectivity index (χ0) is 19.4.